The summed E-state index contributed by atoms with van der Waals surface area (Å²) in [7, 11) is 1.29. The molecule has 0 aliphatic heterocycles. The molecule has 0 aromatic heterocycles. The van der Waals surface area contributed by atoms with Gasteiger partial charge in [-0.1, -0.05) is 12.1 Å². The lowest BCUT2D eigenvalue weighted by Gasteiger charge is -2.11. The third-order valence-corrected chi connectivity index (χ3v) is 2.61. The number of carbonyl (C=O) groups is 1. The summed E-state index contributed by atoms with van der Waals surface area (Å²) in [6, 6.07) is 4.74. The van der Waals surface area contributed by atoms with Crippen LogP contribution in [-0.4, -0.2) is 24.3 Å². The molecule has 0 heterocycles. The molecular weight excluding hydrogens is 267 g/mol. The maximum Gasteiger partial charge on any atom is 0.333 e. The zero-order valence-corrected chi connectivity index (χ0v) is 9.62. The number of carboxylic acid groups (broad SMARTS) is 1. The van der Waals surface area contributed by atoms with Crippen LogP contribution in [0.2, 0.25) is 0 Å². The smallest absolute Gasteiger partial charge is 0.333 e. The van der Waals surface area contributed by atoms with Gasteiger partial charge in [-0.2, -0.15) is 0 Å². The van der Waals surface area contributed by atoms with Gasteiger partial charge in [-0.3, -0.25) is 0 Å². The van der Waals surface area contributed by atoms with Crippen molar-refractivity contribution in [3.63, 3.8) is 0 Å². The SMILES string of the molecule is COC(Cc1cccc(Br)c1F)C(=O)O. The molecule has 1 atom stereocenters. The van der Waals surface area contributed by atoms with Gasteiger partial charge in [0.25, 0.3) is 0 Å². The van der Waals surface area contributed by atoms with Gasteiger partial charge in [-0.15, -0.1) is 0 Å². The predicted molar refractivity (Wildman–Crippen MR) is 56.2 cm³/mol. The van der Waals surface area contributed by atoms with Gasteiger partial charge in [0.05, 0.1) is 4.47 Å². The maximum atomic E-state index is 13.5. The van der Waals surface area contributed by atoms with E-state index >= 15 is 0 Å². The van der Waals surface area contributed by atoms with Crippen LogP contribution in [0.25, 0.3) is 0 Å². The fraction of sp³-hybridized carbons (Fsp3) is 0.300. The highest BCUT2D eigenvalue weighted by molar-refractivity contribution is 9.10. The number of hydrogen-bond donors (Lipinski definition) is 1. The summed E-state index contributed by atoms with van der Waals surface area (Å²) in [6.07, 6.45) is -1.01. The lowest BCUT2D eigenvalue weighted by molar-refractivity contribution is -0.148. The minimum absolute atomic E-state index is 0.0110. The van der Waals surface area contributed by atoms with Gasteiger partial charge in [0.1, 0.15) is 5.82 Å². The first-order chi connectivity index (χ1) is 7.06. The maximum absolute atomic E-state index is 13.5. The quantitative estimate of drug-likeness (QED) is 0.918. The van der Waals surface area contributed by atoms with Crippen molar-refractivity contribution in [3.8, 4) is 0 Å². The van der Waals surface area contributed by atoms with Crippen LogP contribution in [0.4, 0.5) is 4.39 Å². The lowest BCUT2D eigenvalue weighted by atomic mass is 10.1. The zero-order chi connectivity index (χ0) is 11.4. The van der Waals surface area contributed by atoms with E-state index in [1.807, 2.05) is 0 Å². The minimum atomic E-state index is -1.10. The molecule has 0 aliphatic carbocycles. The van der Waals surface area contributed by atoms with Crippen molar-refractivity contribution < 1.29 is 19.0 Å². The molecule has 0 aliphatic rings. The summed E-state index contributed by atoms with van der Waals surface area (Å²) in [5.41, 5.74) is 0.318. The number of rotatable bonds is 4. The number of benzene rings is 1. The molecule has 0 bridgehead atoms. The Morgan fingerprint density at radius 1 is 1.67 bits per heavy atom. The Bertz CT molecular complexity index is 368. The van der Waals surface area contributed by atoms with Crippen LogP contribution in [-0.2, 0) is 16.0 Å². The Morgan fingerprint density at radius 3 is 2.87 bits per heavy atom. The van der Waals surface area contributed by atoms with Gasteiger partial charge < -0.3 is 9.84 Å². The molecule has 1 aromatic rings. The highest BCUT2D eigenvalue weighted by Gasteiger charge is 2.19. The monoisotopic (exact) mass is 276 g/mol. The second-order valence-electron chi connectivity index (χ2n) is 2.98. The molecule has 0 saturated carbocycles. The van der Waals surface area contributed by atoms with Crippen molar-refractivity contribution >= 4 is 21.9 Å². The molecular formula is C10H10BrFO3. The van der Waals surface area contributed by atoms with Gasteiger partial charge in [0.15, 0.2) is 6.10 Å². The molecule has 1 rings (SSSR count). The summed E-state index contributed by atoms with van der Waals surface area (Å²) in [5.74, 6) is -1.54. The average molecular weight is 277 g/mol. The standard InChI is InChI=1S/C10H10BrFO3/c1-15-8(10(13)14)5-6-3-2-4-7(11)9(6)12/h2-4,8H,5H2,1H3,(H,13,14). The molecule has 1 aromatic carbocycles. The van der Waals surface area contributed by atoms with Crippen molar-refractivity contribution in [1.82, 2.24) is 0 Å². The highest BCUT2D eigenvalue weighted by atomic mass is 79.9. The zero-order valence-electron chi connectivity index (χ0n) is 8.04. The van der Waals surface area contributed by atoms with Gasteiger partial charge in [-0.25, -0.2) is 9.18 Å². The van der Waals surface area contributed by atoms with Gasteiger partial charge in [0.2, 0.25) is 0 Å². The fourth-order valence-corrected chi connectivity index (χ4v) is 1.58. The number of methoxy groups -OCH3 is 1. The Morgan fingerprint density at radius 2 is 2.33 bits per heavy atom. The third kappa shape index (κ3) is 3.00. The first-order valence-corrected chi connectivity index (χ1v) is 5.04. The first kappa shape index (κ1) is 12.1. The molecule has 0 fully saturated rings. The Balaban J connectivity index is 2.88. The lowest BCUT2D eigenvalue weighted by Crippen LogP contribution is -2.25. The van der Waals surface area contributed by atoms with E-state index in [4.69, 9.17) is 9.84 Å². The van der Waals surface area contributed by atoms with Crippen LogP contribution in [0.15, 0.2) is 22.7 Å². The third-order valence-electron chi connectivity index (χ3n) is 2.00. The number of aliphatic carboxylic acids is 1. The van der Waals surface area contributed by atoms with E-state index in [1.165, 1.54) is 13.2 Å². The van der Waals surface area contributed by atoms with E-state index in [0.717, 1.165) is 0 Å². The average Bonchev–Trinajstić information content (AvgIpc) is 2.19. The molecule has 82 valence electrons. The summed E-state index contributed by atoms with van der Waals surface area (Å²) >= 11 is 3.03. The highest BCUT2D eigenvalue weighted by Crippen LogP contribution is 2.20. The molecule has 0 radical (unpaired) electrons. The Kier molecular flexibility index (Phi) is 4.23. The van der Waals surface area contributed by atoms with E-state index in [1.54, 1.807) is 12.1 Å². The first-order valence-electron chi connectivity index (χ1n) is 4.24. The van der Waals surface area contributed by atoms with Crippen LogP contribution in [0, 0.1) is 5.82 Å². The van der Waals surface area contributed by atoms with Crippen LogP contribution in [0.3, 0.4) is 0 Å². The van der Waals surface area contributed by atoms with Crippen molar-refractivity contribution in [2.45, 2.75) is 12.5 Å². The minimum Gasteiger partial charge on any atom is -0.479 e. The van der Waals surface area contributed by atoms with Crippen LogP contribution in [0.1, 0.15) is 5.56 Å². The van der Waals surface area contributed by atoms with Crippen molar-refractivity contribution in [3.05, 3.63) is 34.1 Å². The summed E-state index contributed by atoms with van der Waals surface area (Å²) in [4.78, 5) is 10.7. The number of carboxylic acids is 1. The normalized spacial score (nSPS) is 12.5. The molecule has 0 saturated heterocycles. The molecule has 0 amide bonds. The summed E-state index contributed by atoms with van der Waals surface area (Å²) in [6.45, 7) is 0. The van der Waals surface area contributed by atoms with E-state index in [2.05, 4.69) is 15.9 Å². The fourth-order valence-electron chi connectivity index (χ4n) is 1.18. The Labute approximate surface area is 95.0 Å². The van der Waals surface area contributed by atoms with Crippen LogP contribution >= 0.6 is 15.9 Å². The largest absolute Gasteiger partial charge is 0.479 e. The topological polar surface area (TPSA) is 46.5 Å². The molecule has 0 spiro atoms. The molecule has 5 heteroatoms. The number of hydrogen-bond acceptors (Lipinski definition) is 2. The molecule has 1 N–H and O–H groups in total. The molecule has 3 nitrogen and oxygen atoms in total. The summed E-state index contributed by atoms with van der Waals surface area (Å²) < 4.78 is 18.5. The second-order valence-corrected chi connectivity index (χ2v) is 3.83. The van der Waals surface area contributed by atoms with E-state index in [0.29, 0.717) is 10.0 Å². The van der Waals surface area contributed by atoms with E-state index in [-0.39, 0.29) is 6.42 Å². The Hall–Kier alpha value is -0.940. The van der Waals surface area contributed by atoms with Gasteiger partial charge in [0, 0.05) is 13.5 Å². The molecule has 15 heavy (non-hydrogen) atoms. The van der Waals surface area contributed by atoms with Crippen LogP contribution < -0.4 is 0 Å². The van der Waals surface area contributed by atoms with Gasteiger partial charge in [-0.05, 0) is 27.6 Å². The molecule has 1 unspecified atom stereocenters. The second kappa shape index (κ2) is 5.23. The summed E-state index contributed by atoms with van der Waals surface area (Å²) in [5, 5.41) is 8.74. The van der Waals surface area contributed by atoms with E-state index in [9.17, 15) is 9.18 Å². The van der Waals surface area contributed by atoms with Gasteiger partial charge >= 0.3 is 5.97 Å². The predicted octanol–water partition coefficient (Wildman–Crippen LogP) is 2.23. The van der Waals surface area contributed by atoms with E-state index < -0.39 is 17.9 Å². The van der Waals surface area contributed by atoms with Crippen molar-refractivity contribution in [2.75, 3.05) is 7.11 Å². The number of ether oxygens (including phenoxy) is 1. The van der Waals surface area contributed by atoms with Crippen LogP contribution in [0.5, 0.6) is 0 Å². The van der Waals surface area contributed by atoms with Crippen molar-refractivity contribution in [2.24, 2.45) is 0 Å². The number of halogens is 2. The van der Waals surface area contributed by atoms with Crippen molar-refractivity contribution in [1.29, 1.82) is 0 Å².